The van der Waals surface area contributed by atoms with E-state index >= 15 is 0 Å². The molecule has 0 aliphatic heterocycles. The maximum Gasteiger partial charge on any atom is 0.318 e. The molecule has 92 valence electrons. The maximum absolute atomic E-state index is 11.4. The van der Waals surface area contributed by atoms with Crippen LogP contribution >= 0.6 is 0 Å². The molecule has 0 atom stereocenters. The van der Waals surface area contributed by atoms with E-state index in [1.165, 1.54) is 18.4 Å². The number of rotatable bonds is 5. The van der Waals surface area contributed by atoms with Gasteiger partial charge in [0.1, 0.15) is 0 Å². The van der Waals surface area contributed by atoms with Crippen LogP contribution in [-0.4, -0.2) is 38.1 Å². The average molecular weight is 225 g/mol. The average Bonchev–Trinajstić information content (AvgIpc) is 2.74. The first-order chi connectivity index (χ1) is 7.68. The van der Waals surface area contributed by atoms with Crippen molar-refractivity contribution in [2.45, 2.75) is 32.1 Å². The Labute approximate surface area is 98.1 Å². The largest absolute Gasteiger partial charge is 0.338 e. The maximum atomic E-state index is 11.4. The highest BCUT2D eigenvalue weighted by Gasteiger charge is 2.06. The fourth-order valence-electron chi connectivity index (χ4n) is 1.79. The zero-order chi connectivity index (χ0) is 11.8. The molecule has 4 heteroatoms. The molecule has 1 rings (SSSR count). The topological polar surface area (TPSA) is 44.4 Å². The summed E-state index contributed by atoms with van der Waals surface area (Å²) in [5, 5.41) is 5.63. The summed E-state index contributed by atoms with van der Waals surface area (Å²) < 4.78 is 0. The lowest BCUT2D eigenvalue weighted by Crippen LogP contribution is -2.34. The number of nitrogens with one attached hydrogen (secondary N) is 2. The summed E-state index contributed by atoms with van der Waals surface area (Å²) >= 11 is 0. The Morgan fingerprint density at radius 2 is 2.06 bits per heavy atom. The second-order valence-electron chi connectivity index (χ2n) is 4.57. The van der Waals surface area contributed by atoms with Crippen LogP contribution in [0, 0.1) is 0 Å². The third-order valence-electron chi connectivity index (χ3n) is 2.72. The molecule has 0 heterocycles. The molecule has 1 aliphatic rings. The molecule has 0 unspecified atom stereocenters. The van der Waals surface area contributed by atoms with Crippen molar-refractivity contribution in [1.82, 2.24) is 15.5 Å². The molecule has 1 aliphatic carbocycles. The van der Waals surface area contributed by atoms with E-state index in [0.29, 0.717) is 0 Å². The first-order valence-corrected chi connectivity index (χ1v) is 6.05. The molecular formula is C12H23N3O. The minimum atomic E-state index is -0.0850. The summed E-state index contributed by atoms with van der Waals surface area (Å²) in [6.07, 6.45) is 7.66. The summed E-state index contributed by atoms with van der Waals surface area (Å²) in [4.78, 5) is 13.5. The van der Waals surface area contributed by atoms with E-state index < -0.39 is 0 Å². The summed E-state index contributed by atoms with van der Waals surface area (Å²) in [6.45, 7) is 1.73. The van der Waals surface area contributed by atoms with E-state index in [2.05, 4.69) is 15.5 Å². The molecule has 0 radical (unpaired) electrons. The van der Waals surface area contributed by atoms with E-state index in [0.717, 1.165) is 32.4 Å². The number of carbonyl (C=O) groups excluding carboxylic acids is 1. The van der Waals surface area contributed by atoms with Gasteiger partial charge in [0.2, 0.25) is 0 Å². The molecule has 0 saturated heterocycles. The minimum Gasteiger partial charge on any atom is -0.338 e. The van der Waals surface area contributed by atoms with Gasteiger partial charge in [0.25, 0.3) is 0 Å². The standard InChI is InChI=1S/C12H23N3O/c1-15(2)9-5-8-13-12(16)14-10-11-6-3-4-7-11/h10H,3-9H2,1-2H3,(H2,13,14,16). The molecule has 0 bridgehead atoms. The van der Waals surface area contributed by atoms with Gasteiger partial charge < -0.3 is 15.5 Å². The number of hydrogen-bond donors (Lipinski definition) is 2. The van der Waals surface area contributed by atoms with Crippen LogP contribution in [0.1, 0.15) is 32.1 Å². The zero-order valence-corrected chi connectivity index (χ0v) is 10.4. The number of hydrogen-bond acceptors (Lipinski definition) is 2. The predicted molar refractivity (Wildman–Crippen MR) is 66.3 cm³/mol. The van der Waals surface area contributed by atoms with E-state index in [1.54, 1.807) is 0 Å². The summed E-state index contributed by atoms with van der Waals surface area (Å²) in [7, 11) is 4.06. The molecule has 0 spiro atoms. The van der Waals surface area contributed by atoms with Gasteiger partial charge in [-0.2, -0.15) is 0 Å². The molecule has 0 aromatic carbocycles. The quantitative estimate of drug-likeness (QED) is 0.699. The van der Waals surface area contributed by atoms with Crippen LogP contribution in [0.25, 0.3) is 0 Å². The lowest BCUT2D eigenvalue weighted by atomic mass is 10.2. The highest BCUT2D eigenvalue weighted by Crippen LogP contribution is 2.22. The Bertz CT molecular complexity index is 241. The van der Waals surface area contributed by atoms with Gasteiger partial charge in [-0.25, -0.2) is 4.79 Å². The van der Waals surface area contributed by atoms with Crippen molar-refractivity contribution in [3.05, 3.63) is 11.8 Å². The first-order valence-electron chi connectivity index (χ1n) is 6.05. The Kier molecular flexibility index (Phi) is 5.93. The monoisotopic (exact) mass is 225 g/mol. The van der Waals surface area contributed by atoms with E-state index in [4.69, 9.17) is 0 Å². The second kappa shape index (κ2) is 7.28. The van der Waals surface area contributed by atoms with Gasteiger partial charge in [0.15, 0.2) is 0 Å². The van der Waals surface area contributed by atoms with E-state index in [1.807, 2.05) is 20.3 Å². The van der Waals surface area contributed by atoms with Gasteiger partial charge in [-0.15, -0.1) is 0 Å². The van der Waals surface area contributed by atoms with Crippen molar-refractivity contribution in [1.29, 1.82) is 0 Å². The SMILES string of the molecule is CN(C)CCCNC(=O)NC=C1CCCC1. The van der Waals surface area contributed by atoms with Crippen molar-refractivity contribution in [2.24, 2.45) is 0 Å². The van der Waals surface area contributed by atoms with Crippen LogP contribution in [0.4, 0.5) is 4.79 Å². The molecule has 2 N–H and O–H groups in total. The number of urea groups is 1. The van der Waals surface area contributed by atoms with Crippen LogP contribution in [0.5, 0.6) is 0 Å². The summed E-state index contributed by atoms with van der Waals surface area (Å²) in [5.41, 5.74) is 1.36. The smallest absolute Gasteiger partial charge is 0.318 e. The molecule has 16 heavy (non-hydrogen) atoms. The normalized spacial score (nSPS) is 15.3. The third kappa shape index (κ3) is 5.75. The Balaban J connectivity index is 2.04. The van der Waals surface area contributed by atoms with Gasteiger partial charge in [-0.3, -0.25) is 0 Å². The van der Waals surface area contributed by atoms with Crippen LogP contribution < -0.4 is 10.6 Å². The molecule has 1 fully saturated rings. The fraction of sp³-hybridized carbons (Fsp3) is 0.750. The number of amides is 2. The Hall–Kier alpha value is -1.03. The lowest BCUT2D eigenvalue weighted by Gasteiger charge is -2.09. The Morgan fingerprint density at radius 3 is 2.69 bits per heavy atom. The van der Waals surface area contributed by atoms with Gasteiger partial charge in [-0.05, 0) is 52.7 Å². The molecule has 4 nitrogen and oxygen atoms in total. The van der Waals surface area contributed by atoms with Gasteiger partial charge >= 0.3 is 6.03 Å². The molecular weight excluding hydrogens is 202 g/mol. The molecule has 0 aromatic heterocycles. The highest BCUT2D eigenvalue weighted by atomic mass is 16.2. The van der Waals surface area contributed by atoms with Crippen molar-refractivity contribution in [2.75, 3.05) is 27.2 Å². The fourth-order valence-corrected chi connectivity index (χ4v) is 1.79. The number of allylic oxidation sites excluding steroid dienone is 1. The van der Waals surface area contributed by atoms with Gasteiger partial charge in [0.05, 0.1) is 0 Å². The van der Waals surface area contributed by atoms with E-state index in [9.17, 15) is 4.79 Å². The van der Waals surface area contributed by atoms with Crippen LogP contribution in [-0.2, 0) is 0 Å². The Morgan fingerprint density at radius 1 is 1.38 bits per heavy atom. The van der Waals surface area contributed by atoms with Crippen molar-refractivity contribution in [3.8, 4) is 0 Å². The van der Waals surface area contributed by atoms with Gasteiger partial charge in [0, 0.05) is 12.7 Å². The van der Waals surface area contributed by atoms with Crippen LogP contribution in [0.15, 0.2) is 11.8 Å². The van der Waals surface area contributed by atoms with Crippen LogP contribution in [0.3, 0.4) is 0 Å². The van der Waals surface area contributed by atoms with Crippen LogP contribution in [0.2, 0.25) is 0 Å². The zero-order valence-electron chi connectivity index (χ0n) is 10.4. The van der Waals surface area contributed by atoms with E-state index in [-0.39, 0.29) is 6.03 Å². The van der Waals surface area contributed by atoms with Crippen molar-refractivity contribution < 1.29 is 4.79 Å². The third-order valence-corrected chi connectivity index (χ3v) is 2.72. The molecule has 1 saturated carbocycles. The lowest BCUT2D eigenvalue weighted by molar-refractivity contribution is 0.243. The van der Waals surface area contributed by atoms with Crippen molar-refractivity contribution in [3.63, 3.8) is 0 Å². The minimum absolute atomic E-state index is 0.0850. The predicted octanol–water partition coefficient (Wildman–Crippen LogP) is 1.70. The first kappa shape index (κ1) is 13.0. The van der Waals surface area contributed by atoms with Gasteiger partial charge in [-0.1, -0.05) is 5.57 Å². The highest BCUT2D eigenvalue weighted by molar-refractivity contribution is 5.74. The summed E-state index contributed by atoms with van der Waals surface area (Å²) in [5.74, 6) is 0. The molecule has 2 amide bonds. The second-order valence-corrected chi connectivity index (χ2v) is 4.57. The number of carbonyl (C=O) groups is 1. The summed E-state index contributed by atoms with van der Waals surface area (Å²) in [6, 6.07) is -0.0850. The number of nitrogens with zero attached hydrogens (tertiary/aromatic N) is 1. The molecule has 0 aromatic rings. The van der Waals surface area contributed by atoms with Crippen molar-refractivity contribution >= 4 is 6.03 Å².